The van der Waals surface area contributed by atoms with Crippen LogP contribution in [0.15, 0.2) is 24.3 Å². The highest BCUT2D eigenvalue weighted by molar-refractivity contribution is 6.04. The van der Waals surface area contributed by atoms with Gasteiger partial charge in [0.2, 0.25) is 5.88 Å². The first-order chi connectivity index (χ1) is 16.4. The van der Waals surface area contributed by atoms with E-state index < -0.39 is 11.6 Å². The highest BCUT2D eigenvalue weighted by Crippen LogP contribution is 2.47. The summed E-state index contributed by atoms with van der Waals surface area (Å²) in [7, 11) is 0. The van der Waals surface area contributed by atoms with Crippen LogP contribution in [0.3, 0.4) is 0 Å². The molecule has 0 unspecified atom stereocenters. The van der Waals surface area contributed by atoms with E-state index in [1.165, 1.54) is 24.3 Å². The van der Waals surface area contributed by atoms with Crippen molar-refractivity contribution in [3.8, 4) is 41.2 Å². The lowest BCUT2D eigenvalue weighted by Crippen LogP contribution is -2.28. The van der Waals surface area contributed by atoms with E-state index in [9.17, 15) is 9.50 Å². The van der Waals surface area contributed by atoms with E-state index in [0.717, 1.165) is 12.8 Å². The molecule has 6 rings (SSSR count). The van der Waals surface area contributed by atoms with Crippen LogP contribution in [0.25, 0.3) is 32.9 Å². The van der Waals surface area contributed by atoms with Gasteiger partial charge in [-0.1, -0.05) is 12.0 Å². The molecule has 4 aromatic rings. The third-order valence-electron chi connectivity index (χ3n) is 6.18. The maximum Gasteiger partial charge on any atom is 0.319 e. The molecule has 9 heteroatoms. The summed E-state index contributed by atoms with van der Waals surface area (Å²) < 4.78 is 42.2. The number of hydrogen-bond acceptors (Lipinski definition) is 7. The largest absolute Gasteiger partial charge is 0.508 e. The smallest absolute Gasteiger partial charge is 0.319 e. The minimum absolute atomic E-state index is 0.00771. The SMILES string of the molecule is C#Cc1c(F)ccc2cc(O)cc(-c3nc4c5c(nc(OCC)nc5c3F)NC3(CC3)CO4)c12. The van der Waals surface area contributed by atoms with Gasteiger partial charge in [-0.05, 0) is 43.4 Å². The lowest BCUT2D eigenvalue weighted by atomic mass is 9.95. The summed E-state index contributed by atoms with van der Waals surface area (Å²) in [6, 6.07) is 5.41. The zero-order valence-corrected chi connectivity index (χ0v) is 18.1. The molecule has 2 aromatic heterocycles. The highest BCUT2D eigenvalue weighted by Gasteiger charge is 2.46. The second-order valence-corrected chi connectivity index (χ2v) is 8.44. The van der Waals surface area contributed by atoms with E-state index in [1.807, 2.05) is 0 Å². The quantitative estimate of drug-likeness (QED) is 0.434. The van der Waals surface area contributed by atoms with Crippen molar-refractivity contribution in [1.82, 2.24) is 15.0 Å². The van der Waals surface area contributed by atoms with E-state index in [4.69, 9.17) is 15.9 Å². The van der Waals surface area contributed by atoms with E-state index in [-0.39, 0.29) is 50.9 Å². The van der Waals surface area contributed by atoms with E-state index >= 15 is 4.39 Å². The van der Waals surface area contributed by atoms with Gasteiger partial charge < -0.3 is 19.9 Å². The van der Waals surface area contributed by atoms with Crippen molar-refractivity contribution >= 4 is 27.5 Å². The Morgan fingerprint density at radius 2 is 2.03 bits per heavy atom. The summed E-state index contributed by atoms with van der Waals surface area (Å²) in [5.41, 5.74) is -0.478. The van der Waals surface area contributed by atoms with Crippen LogP contribution in [-0.2, 0) is 0 Å². The third kappa shape index (κ3) is 2.99. The topological polar surface area (TPSA) is 89.4 Å². The maximum absolute atomic E-state index is 16.1. The molecule has 2 aliphatic rings. The molecule has 2 N–H and O–H groups in total. The maximum atomic E-state index is 16.1. The molecule has 170 valence electrons. The van der Waals surface area contributed by atoms with E-state index in [0.29, 0.717) is 29.8 Å². The third-order valence-corrected chi connectivity index (χ3v) is 6.18. The second kappa shape index (κ2) is 7.15. The van der Waals surface area contributed by atoms with Gasteiger partial charge in [0.25, 0.3) is 0 Å². The number of aromatic nitrogens is 3. The molecule has 0 radical (unpaired) electrons. The molecule has 0 amide bonds. The van der Waals surface area contributed by atoms with Crippen LogP contribution >= 0.6 is 0 Å². The molecule has 0 atom stereocenters. The molecular formula is C25H18F2N4O3. The first-order valence-electron chi connectivity index (χ1n) is 10.8. The number of fused-ring (bicyclic) bond motifs is 1. The molecule has 34 heavy (non-hydrogen) atoms. The molecule has 1 aliphatic carbocycles. The van der Waals surface area contributed by atoms with E-state index in [2.05, 4.69) is 26.2 Å². The normalized spacial score (nSPS) is 15.5. The molecule has 0 bridgehead atoms. The molecule has 1 saturated carbocycles. The summed E-state index contributed by atoms with van der Waals surface area (Å²) >= 11 is 0. The molecule has 0 saturated heterocycles. The number of nitrogens with one attached hydrogen (secondary N) is 1. The van der Waals surface area contributed by atoms with Crippen molar-refractivity contribution in [1.29, 1.82) is 0 Å². The summed E-state index contributed by atoms with van der Waals surface area (Å²) in [6.07, 6.45) is 7.33. The van der Waals surface area contributed by atoms with Crippen molar-refractivity contribution in [3.63, 3.8) is 0 Å². The second-order valence-electron chi connectivity index (χ2n) is 8.44. The number of anilines is 1. The number of ether oxygens (including phenoxy) is 2. The predicted molar refractivity (Wildman–Crippen MR) is 122 cm³/mol. The van der Waals surface area contributed by atoms with Gasteiger partial charge in [0.1, 0.15) is 40.6 Å². The predicted octanol–water partition coefficient (Wildman–Crippen LogP) is 4.55. The standard InChI is InChI=1S/C25H18F2N4O3/c1-3-14-16(26)6-5-12-9-13(32)10-15(17(12)14)20-19(27)21-18-22(30-24(29-21)33-4-2)31-25(7-8-25)11-34-23(18)28-20/h1,5-6,9-10,32H,4,7-8,11H2,2H3,(H,29,30,31). The zero-order valence-electron chi connectivity index (χ0n) is 18.1. The fraction of sp³-hybridized carbons (Fsp3) is 0.240. The number of nitrogens with zero attached hydrogens (tertiary/aromatic N) is 3. The Morgan fingerprint density at radius 1 is 1.21 bits per heavy atom. The number of phenolic OH excluding ortho intramolecular Hbond substituents is 1. The van der Waals surface area contributed by atoms with Crippen LogP contribution in [0.1, 0.15) is 25.3 Å². The van der Waals surface area contributed by atoms with Gasteiger partial charge in [-0.15, -0.1) is 6.42 Å². The Kier molecular flexibility index (Phi) is 4.30. The number of halogens is 2. The zero-order chi connectivity index (χ0) is 23.6. The summed E-state index contributed by atoms with van der Waals surface area (Å²) in [5, 5.41) is 14.7. The summed E-state index contributed by atoms with van der Waals surface area (Å²) in [6.45, 7) is 2.38. The average Bonchev–Trinajstić information content (AvgIpc) is 3.60. The van der Waals surface area contributed by atoms with Gasteiger partial charge in [0.05, 0.1) is 17.7 Å². The van der Waals surface area contributed by atoms with Gasteiger partial charge >= 0.3 is 6.01 Å². The van der Waals surface area contributed by atoms with Gasteiger partial charge in [-0.25, -0.2) is 13.8 Å². The summed E-state index contributed by atoms with van der Waals surface area (Å²) in [4.78, 5) is 13.2. The number of terminal acetylenes is 1. The Balaban J connectivity index is 1.70. The lowest BCUT2D eigenvalue weighted by molar-refractivity contribution is 0.285. The van der Waals surface area contributed by atoms with Gasteiger partial charge in [0, 0.05) is 10.9 Å². The van der Waals surface area contributed by atoms with Crippen LogP contribution in [0.2, 0.25) is 0 Å². The fourth-order valence-electron chi connectivity index (χ4n) is 4.35. The number of benzene rings is 2. The Labute approximate surface area is 192 Å². The summed E-state index contributed by atoms with van der Waals surface area (Å²) in [5.74, 6) is 1.27. The van der Waals surface area contributed by atoms with Crippen LogP contribution in [-0.4, -0.2) is 38.8 Å². The Hall–Kier alpha value is -4.19. The lowest BCUT2D eigenvalue weighted by Gasteiger charge is -2.15. The molecule has 7 nitrogen and oxygen atoms in total. The van der Waals surface area contributed by atoms with E-state index in [1.54, 1.807) is 6.92 Å². The Morgan fingerprint density at radius 3 is 2.76 bits per heavy atom. The van der Waals surface area contributed by atoms with Gasteiger partial charge in [-0.2, -0.15) is 9.97 Å². The van der Waals surface area contributed by atoms with Crippen molar-refractivity contribution < 1.29 is 23.4 Å². The van der Waals surface area contributed by atoms with Gasteiger partial charge in [-0.3, -0.25) is 0 Å². The van der Waals surface area contributed by atoms with Crippen LogP contribution in [0.4, 0.5) is 14.6 Å². The molecule has 1 spiro atoms. The van der Waals surface area contributed by atoms with Crippen molar-refractivity contribution in [3.05, 3.63) is 41.5 Å². The van der Waals surface area contributed by atoms with Gasteiger partial charge in [0.15, 0.2) is 5.82 Å². The van der Waals surface area contributed by atoms with Crippen LogP contribution in [0, 0.1) is 24.0 Å². The minimum Gasteiger partial charge on any atom is -0.508 e. The number of pyridine rings is 1. The first kappa shape index (κ1) is 20.4. The molecule has 1 aliphatic heterocycles. The number of rotatable bonds is 3. The molecular weight excluding hydrogens is 442 g/mol. The van der Waals surface area contributed by atoms with Crippen molar-refractivity contribution in [2.45, 2.75) is 25.3 Å². The number of aromatic hydroxyl groups is 1. The van der Waals surface area contributed by atoms with Crippen LogP contribution < -0.4 is 14.8 Å². The first-order valence-corrected chi connectivity index (χ1v) is 10.8. The monoisotopic (exact) mass is 460 g/mol. The number of hydrogen-bond donors (Lipinski definition) is 2. The molecule has 2 aromatic carbocycles. The van der Waals surface area contributed by atoms with Crippen molar-refractivity contribution in [2.75, 3.05) is 18.5 Å². The fourth-order valence-corrected chi connectivity index (χ4v) is 4.35. The molecule has 1 fully saturated rings. The Bertz CT molecular complexity index is 1560. The molecule has 3 heterocycles. The van der Waals surface area contributed by atoms with Crippen molar-refractivity contribution in [2.24, 2.45) is 0 Å². The average molecular weight is 460 g/mol. The highest BCUT2D eigenvalue weighted by atomic mass is 19.1. The minimum atomic E-state index is -0.792. The van der Waals surface area contributed by atoms with Crippen LogP contribution in [0.5, 0.6) is 17.6 Å². The number of phenols is 1.